The quantitative estimate of drug-likeness (QED) is 0.580. The van der Waals surface area contributed by atoms with Crippen molar-refractivity contribution in [2.24, 2.45) is 0 Å². The molecule has 0 amide bonds. The molecule has 0 bridgehead atoms. The highest BCUT2D eigenvalue weighted by atomic mass is 16.6. The number of piperidine rings is 1. The van der Waals surface area contributed by atoms with Gasteiger partial charge >= 0.3 is 5.97 Å². The number of carbonyl (C=O) groups excluding carboxylic acids is 1. The minimum Gasteiger partial charge on any atom is -0.450 e. The van der Waals surface area contributed by atoms with Gasteiger partial charge in [0.15, 0.2) is 5.60 Å². The van der Waals surface area contributed by atoms with E-state index in [1.54, 1.807) is 6.08 Å². The molecule has 86 valence electrons. The monoisotopic (exact) mass is 219 g/mol. The Bertz CT molecular complexity index is 389. The van der Waals surface area contributed by atoms with Gasteiger partial charge in [-0.25, -0.2) is 4.79 Å². The van der Waals surface area contributed by atoms with Crippen LogP contribution in [0.15, 0.2) is 11.6 Å². The maximum Gasteiger partial charge on any atom is 0.331 e. The number of ether oxygens (including phenoxy) is 1. The summed E-state index contributed by atoms with van der Waals surface area (Å²) in [7, 11) is 0. The van der Waals surface area contributed by atoms with Crippen LogP contribution in [0.2, 0.25) is 0 Å². The van der Waals surface area contributed by atoms with Crippen LogP contribution in [0, 0.1) is 0 Å². The van der Waals surface area contributed by atoms with E-state index in [-0.39, 0.29) is 11.6 Å². The Morgan fingerprint density at radius 3 is 3.25 bits per heavy atom. The average Bonchev–Trinajstić information content (AvgIpc) is 2.82. The fourth-order valence-corrected chi connectivity index (χ4v) is 4.37. The Labute approximate surface area is 95.4 Å². The molecule has 0 aromatic rings. The van der Waals surface area contributed by atoms with Gasteiger partial charge in [0.1, 0.15) is 0 Å². The third-order valence-electron chi connectivity index (χ3n) is 4.96. The molecule has 0 aromatic heterocycles. The molecule has 3 fully saturated rings. The van der Waals surface area contributed by atoms with Crippen LogP contribution in [0.25, 0.3) is 0 Å². The third-order valence-corrected chi connectivity index (χ3v) is 4.96. The highest BCUT2D eigenvalue weighted by Crippen LogP contribution is 2.54. The van der Waals surface area contributed by atoms with Gasteiger partial charge in [-0.05, 0) is 37.8 Å². The molecule has 3 heteroatoms. The molecule has 0 aromatic carbocycles. The smallest absolute Gasteiger partial charge is 0.331 e. The Morgan fingerprint density at radius 1 is 1.38 bits per heavy atom. The van der Waals surface area contributed by atoms with Crippen molar-refractivity contribution in [3.8, 4) is 0 Å². The van der Waals surface area contributed by atoms with Crippen LogP contribution in [0.4, 0.5) is 0 Å². The molecule has 3 heterocycles. The lowest BCUT2D eigenvalue weighted by Gasteiger charge is -2.33. The second-order valence-electron chi connectivity index (χ2n) is 5.63. The first-order valence-corrected chi connectivity index (χ1v) is 6.49. The van der Waals surface area contributed by atoms with Crippen molar-refractivity contribution in [3.63, 3.8) is 0 Å². The first-order valence-electron chi connectivity index (χ1n) is 6.49. The van der Waals surface area contributed by atoms with Crippen LogP contribution < -0.4 is 0 Å². The minimum atomic E-state index is -0.188. The van der Waals surface area contributed by atoms with Gasteiger partial charge in [0.05, 0.1) is 6.04 Å². The molecular formula is C13H17NO2. The van der Waals surface area contributed by atoms with E-state index in [0.29, 0.717) is 12.1 Å². The molecule has 1 saturated carbocycles. The largest absolute Gasteiger partial charge is 0.450 e. The van der Waals surface area contributed by atoms with E-state index in [4.69, 9.17) is 4.74 Å². The van der Waals surface area contributed by atoms with Gasteiger partial charge < -0.3 is 4.74 Å². The van der Waals surface area contributed by atoms with Crippen molar-refractivity contribution >= 4 is 5.97 Å². The Balaban J connectivity index is 1.75. The van der Waals surface area contributed by atoms with E-state index in [1.165, 1.54) is 37.8 Å². The summed E-state index contributed by atoms with van der Waals surface area (Å²) in [5.41, 5.74) is 1.10. The fourth-order valence-electron chi connectivity index (χ4n) is 4.37. The lowest BCUT2D eigenvalue weighted by atomic mass is 9.91. The predicted molar refractivity (Wildman–Crippen MR) is 58.9 cm³/mol. The van der Waals surface area contributed by atoms with Crippen LogP contribution in [0.3, 0.4) is 0 Å². The molecule has 4 rings (SSSR count). The molecule has 1 aliphatic carbocycles. The minimum absolute atomic E-state index is 0.0976. The van der Waals surface area contributed by atoms with Crippen LogP contribution in [0.5, 0.6) is 0 Å². The Morgan fingerprint density at radius 2 is 2.31 bits per heavy atom. The lowest BCUT2D eigenvalue weighted by Crippen LogP contribution is -2.44. The summed E-state index contributed by atoms with van der Waals surface area (Å²) >= 11 is 0. The van der Waals surface area contributed by atoms with Gasteiger partial charge in [-0.1, -0.05) is 6.42 Å². The number of hydrogen-bond acceptors (Lipinski definition) is 3. The lowest BCUT2D eigenvalue weighted by molar-refractivity contribution is -0.146. The second-order valence-corrected chi connectivity index (χ2v) is 5.63. The van der Waals surface area contributed by atoms with Crippen molar-refractivity contribution in [3.05, 3.63) is 11.6 Å². The van der Waals surface area contributed by atoms with E-state index in [9.17, 15) is 4.79 Å². The zero-order valence-corrected chi connectivity index (χ0v) is 9.45. The zero-order valence-electron chi connectivity index (χ0n) is 9.45. The summed E-state index contributed by atoms with van der Waals surface area (Å²) in [5, 5.41) is 0. The van der Waals surface area contributed by atoms with Gasteiger partial charge in [0, 0.05) is 18.5 Å². The molecule has 1 spiro atoms. The Kier molecular flexibility index (Phi) is 1.67. The summed E-state index contributed by atoms with van der Waals surface area (Å²) in [6, 6.07) is 1.17. The van der Waals surface area contributed by atoms with Gasteiger partial charge in [0.2, 0.25) is 0 Å². The third kappa shape index (κ3) is 0.956. The summed E-state index contributed by atoms with van der Waals surface area (Å²) in [4.78, 5) is 14.1. The molecule has 0 radical (unpaired) electrons. The van der Waals surface area contributed by atoms with E-state index in [1.807, 2.05) is 0 Å². The van der Waals surface area contributed by atoms with E-state index in [0.717, 1.165) is 12.8 Å². The summed E-state index contributed by atoms with van der Waals surface area (Å²) < 4.78 is 5.72. The van der Waals surface area contributed by atoms with Crippen LogP contribution in [-0.2, 0) is 9.53 Å². The van der Waals surface area contributed by atoms with E-state index in [2.05, 4.69) is 4.90 Å². The second kappa shape index (κ2) is 2.89. The molecule has 3 aliphatic heterocycles. The number of rotatable bonds is 0. The Hall–Kier alpha value is -0.830. The van der Waals surface area contributed by atoms with E-state index >= 15 is 0 Å². The van der Waals surface area contributed by atoms with Gasteiger partial charge in [-0.2, -0.15) is 0 Å². The molecule has 16 heavy (non-hydrogen) atoms. The van der Waals surface area contributed by atoms with Crippen molar-refractivity contribution < 1.29 is 9.53 Å². The van der Waals surface area contributed by atoms with Crippen molar-refractivity contribution in [2.75, 3.05) is 6.54 Å². The molecule has 0 N–H and O–H groups in total. The SMILES string of the molecule is O=C1C=C2CCC3N4CCCCC4CC23O1. The standard InChI is InChI=1S/C13H17NO2/c15-12-7-9-4-5-11-13(9,16-12)8-10-3-1-2-6-14(10)11/h7,10-11H,1-6,8H2. The number of fused-ring (bicyclic) bond motifs is 2. The van der Waals surface area contributed by atoms with Gasteiger partial charge in [0.25, 0.3) is 0 Å². The normalized spacial score (nSPS) is 46.0. The van der Waals surface area contributed by atoms with Crippen LogP contribution >= 0.6 is 0 Å². The van der Waals surface area contributed by atoms with Gasteiger partial charge in [-0.3, -0.25) is 4.90 Å². The molecule has 3 atom stereocenters. The van der Waals surface area contributed by atoms with E-state index < -0.39 is 0 Å². The topological polar surface area (TPSA) is 29.5 Å². The predicted octanol–water partition coefficient (Wildman–Crippen LogP) is 1.63. The molecule has 4 aliphatic rings. The fraction of sp³-hybridized carbons (Fsp3) is 0.769. The molecule has 3 nitrogen and oxygen atoms in total. The van der Waals surface area contributed by atoms with Crippen LogP contribution in [-0.4, -0.2) is 35.1 Å². The average molecular weight is 219 g/mol. The van der Waals surface area contributed by atoms with Gasteiger partial charge in [-0.15, -0.1) is 0 Å². The number of carbonyl (C=O) groups is 1. The van der Waals surface area contributed by atoms with Crippen LogP contribution in [0.1, 0.15) is 38.5 Å². The van der Waals surface area contributed by atoms with Crippen molar-refractivity contribution in [2.45, 2.75) is 56.2 Å². The first-order chi connectivity index (χ1) is 7.79. The zero-order chi connectivity index (χ0) is 10.8. The van der Waals surface area contributed by atoms with Crippen molar-refractivity contribution in [1.82, 2.24) is 4.90 Å². The number of esters is 1. The number of nitrogens with zero attached hydrogens (tertiary/aromatic N) is 1. The maximum atomic E-state index is 11.5. The highest BCUT2D eigenvalue weighted by molar-refractivity contribution is 5.87. The maximum absolute atomic E-state index is 11.5. The molecular weight excluding hydrogens is 202 g/mol. The summed E-state index contributed by atoms with van der Waals surface area (Å²) in [6.07, 6.45) is 9.04. The highest BCUT2D eigenvalue weighted by Gasteiger charge is 2.61. The van der Waals surface area contributed by atoms with Crippen molar-refractivity contribution in [1.29, 1.82) is 0 Å². The summed E-state index contributed by atoms with van der Waals surface area (Å²) in [6.45, 7) is 1.21. The summed E-state index contributed by atoms with van der Waals surface area (Å²) in [5.74, 6) is -0.0976. The molecule has 3 unspecified atom stereocenters. The molecule has 2 saturated heterocycles. The first kappa shape index (κ1) is 9.23. The number of hydrogen-bond donors (Lipinski definition) is 0.